The second-order valence-corrected chi connectivity index (χ2v) is 2.28. The average molecular weight is 97.1 g/mol. The van der Waals surface area contributed by atoms with Crippen LogP contribution in [0.25, 0.3) is 0 Å². The van der Waals surface area contributed by atoms with Gasteiger partial charge in [0.1, 0.15) is 0 Å². The quantitative estimate of drug-likeness (QED) is 0.479. The Bertz CT molecular complexity index is 78.2. The molecule has 1 aliphatic carbocycles. The van der Waals surface area contributed by atoms with Crippen LogP contribution in [-0.4, -0.2) is 6.29 Å². The molecule has 0 aromatic heterocycles. The van der Waals surface area contributed by atoms with E-state index in [9.17, 15) is 4.79 Å². The molecule has 2 unspecified atom stereocenters. The van der Waals surface area contributed by atoms with Gasteiger partial charge in [0.15, 0.2) is 0 Å². The summed E-state index contributed by atoms with van der Waals surface area (Å²) in [6.07, 6.45) is 4.30. The van der Waals surface area contributed by atoms with Gasteiger partial charge in [0.2, 0.25) is 6.29 Å². The van der Waals surface area contributed by atoms with Crippen LogP contribution in [0.2, 0.25) is 0 Å². The van der Waals surface area contributed by atoms with Crippen molar-refractivity contribution in [2.45, 2.75) is 19.8 Å². The fourth-order valence-electron chi connectivity index (χ4n) is 0.842. The number of hydrogen-bond donors (Lipinski definition) is 0. The minimum Gasteiger partial charge on any atom is -0.291 e. The third-order valence-corrected chi connectivity index (χ3v) is 1.77. The zero-order valence-electron chi connectivity index (χ0n) is 4.48. The lowest BCUT2D eigenvalue weighted by atomic mass is 9.76. The molecule has 1 radical (unpaired) electrons. The molecule has 1 nitrogen and oxygen atoms in total. The molecule has 39 valence electrons. The van der Waals surface area contributed by atoms with E-state index in [1.807, 2.05) is 6.29 Å². The molecule has 0 N–H and O–H groups in total. The van der Waals surface area contributed by atoms with Gasteiger partial charge in [-0.3, -0.25) is 4.79 Å². The number of carbonyl (C=O) groups excluding carboxylic acids is 1. The standard InChI is InChI=1S/C6H9O/c1-5-2-3-6(5)4-7/h5-6H,2-3H2,1H3. The first-order valence-corrected chi connectivity index (χ1v) is 2.72. The van der Waals surface area contributed by atoms with Crippen LogP contribution < -0.4 is 0 Å². The summed E-state index contributed by atoms with van der Waals surface area (Å²) in [5.74, 6) is 0.900. The number of rotatable bonds is 1. The first kappa shape index (κ1) is 4.82. The number of hydrogen-bond acceptors (Lipinski definition) is 1. The van der Waals surface area contributed by atoms with E-state index in [4.69, 9.17) is 0 Å². The summed E-state index contributed by atoms with van der Waals surface area (Å²) in [5.41, 5.74) is 0. The molecule has 0 amide bonds. The molecule has 1 aliphatic rings. The summed E-state index contributed by atoms with van der Waals surface area (Å²) in [6, 6.07) is 0. The summed E-state index contributed by atoms with van der Waals surface area (Å²) < 4.78 is 0. The van der Waals surface area contributed by atoms with Crippen LogP contribution in [-0.2, 0) is 4.79 Å². The van der Waals surface area contributed by atoms with E-state index < -0.39 is 0 Å². The largest absolute Gasteiger partial charge is 0.291 e. The topological polar surface area (TPSA) is 17.1 Å². The Morgan fingerprint density at radius 2 is 2.29 bits per heavy atom. The molecule has 1 fully saturated rings. The third kappa shape index (κ3) is 0.671. The first-order chi connectivity index (χ1) is 3.34. The molecule has 1 heteroatoms. The Morgan fingerprint density at radius 3 is 2.29 bits per heavy atom. The fraction of sp³-hybridized carbons (Fsp3) is 0.833. The maximum Gasteiger partial charge on any atom is 0.202 e. The highest BCUT2D eigenvalue weighted by atomic mass is 16.1. The van der Waals surface area contributed by atoms with Crippen molar-refractivity contribution < 1.29 is 4.79 Å². The highest BCUT2D eigenvalue weighted by Gasteiger charge is 2.26. The van der Waals surface area contributed by atoms with Crippen LogP contribution in [0.5, 0.6) is 0 Å². The van der Waals surface area contributed by atoms with Gasteiger partial charge in [-0.05, 0) is 18.8 Å². The molecule has 2 atom stereocenters. The molecular formula is C6H9O. The van der Waals surface area contributed by atoms with Crippen LogP contribution in [0.4, 0.5) is 0 Å². The zero-order chi connectivity index (χ0) is 5.28. The van der Waals surface area contributed by atoms with Gasteiger partial charge in [-0.25, -0.2) is 0 Å². The van der Waals surface area contributed by atoms with Crippen molar-refractivity contribution in [3.05, 3.63) is 0 Å². The maximum atomic E-state index is 9.87. The van der Waals surface area contributed by atoms with Gasteiger partial charge in [-0.1, -0.05) is 6.92 Å². The second kappa shape index (κ2) is 1.65. The van der Waals surface area contributed by atoms with Crippen LogP contribution in [0.3, 0.4) is 0 Å². The smallest absolute Gasteiger partial charge is 0.202 e. The minimum absolute atomic E-state index is 0.278. The van der Waals surface area contributed by atoms with Crippen molar-refractivity contribution in [1.29, 1.82) is 0 Å². The molecule has 0 heterocycles. The molecule has 0 saturated heterocycles. The van der Waals surface area contributed by atoms with E-state index in [1.54, 1.807) is 0 Å². The molecule has 0 bridgehead atoms. The highest BCUT2D eigenvalue weighted by molar-refractivity contribution is 5.56. The van der Waals surface area contributed by atoms with E-state index in [1.165, 1.54) is 6.42 Å². The molecule has 1 saturated carbocycles. The van der Waals surface area contributed by atoms with Crippen molar-refractivity contribution in [3.63, 3.8) is 0 Å². The van der Waals surface area contributed by atoms with E-state index in [-0.39, 0.29) is 5.92 Å². The predicted octanol–water partition coefficient (Wildman–Crippen LogP) is 1.14. The van der Waals surface area contributed by atoms with Gasteiger partial charge in [0.05, 0.1) is 0 Å². The average Bonchev–Trinajstić information content (AvgIpc) is 1.65. The first-order valence-electron chi connectivity index (χ1n) is 2.72. The lowest BCUT2D eigenvalue weighted by Gasteiger charge is -2.27. The Hall–Kier alpha value is -0.330. The fourth-order valence-corrected chi connectivity index (χ4v) is 0.842. The highest BCUT2D eigenvalue weighted by Crippen LogP contribution is 2.31. The van der Waals surface area contributed by atoms with Crippen molar-refractivity contribution in [3.8, 4) is 0 Å². The molecule has 0 aromatic rings. The van der Waals surface area contributed by atoms with Gasteiger partial charge in [0.25, 0.3) is 0 Å². The summed E-state index contributed by atoms with van der Waals surface area (Å²) in [4.78, 5) is 9.87. The van der Waals surface area contributed by atoms with Crippen molar-refractivity contribution in [2.75, 3.05) is 0 Å². The Kier molecular flexibility index (Phi) is 1.13. The molecule has 1 rings (SSSR count). The predicted molar refractivity (Wildman–Crippen MR) is 27.6 cm³/mol. The molecule has 0 spiro atoms. The van der Waals surface area contributed by atoms with Crippen LogP contribution in [0.15, 0.2) is 0 Å². The molecular weight excluding hydrogens is 88.1 g/mol. The Balaban J connectivity index is 2.28. The van der Waals surface area contributed by atoms with Gasteiger partial charge in [-0.2, -0.15) is 0 Å². The summed E-state index contributed by atoms with van der Waals surface area (Å²) in [5, 5.41) is 0. The van der Waals surface area contributed by atoms with Gasteiger partial charge in [0, 0.05) is 5.92 Å². The lowest BCUT2D eigenvalue weighted by Crippen LogP contribution is -2.23. The van der Waals surface area contributed by atoms with E-state index in [2.05, 4.69) is 6.92 Å². The molecule has 0 aromatic carbocycles. The van der Waals surface area contributed by atoms with Crippen LogP contribution in [0.1, 0.15) is 19.8 Å². The second-order valence-electron chi connectivity index (χ2n) is 2.28. The van der Waals surface area contributed by atoms with Crippen LogP contribution in [0, 0.1) is 11.8 Å². The zero-order valence-corrected chi connectivity index (χ0v) is 4.48. The molecule has 7 heavy (non-hydrogen) atoms. The van der Waals surface area contributed by atoms with Crippen molar-refractivity contribution in [2.24, 2.45) is 11.8 Å². The summed E-state index contributed by atoms with van der Waals surface area (Å²) in [6.45, 7) is 2.10. The van der Waals surface area contributed by atoms with Gasteiger partial charge >= 0.3 is 0 Å². The van der Waals surface area contributed by atoms with E-state index >= 15 is 0 Å². The minimum atomic E-state index is 0.278. The molecule has 0 aliphatic heterocycles. The summed E-state index contributed by atoms with van der Waals surface area (Å²) >= 11 is 0. The van der Waals surface area contributed by atoms with Crippen molar-refractivity contribution in [1.82, 2.24) is 0 Å². The lowest BCUT2D eigenvalue weighted by molar-refractivity contribution is 0.263. The van der Waals surface area contributed by atoms with Crippen molar-refractivity contribution >= 4 is 6.29 Å². The van der Waals surface area contributed by atoms with Gasteiger partial charge < -0.3 is 0 Å². The summed E-state index contributed by atoms with van der Waals surface area (Å²) in [7, 11) is 0. The normalized spacial score (nSPS) is 39.6. The van der Waals surface area contributed by atoms with E-state index in [0.29, 0.717) is 5.92 Å². The van der Waals surface area contributed by atoms with Gasteiger partial charge in [-0.15, -0.1) is 0 Å². The maximum absolute atomic E-state index is 9.87. The Labute approximate surface area is 43.7 Å². The van der Waals surface area contributed by atoms with Crippen LogP contribution >= 0.6 is 0 Å². The third-order valence-electron chi connectivity index (χ3n) is 1.77. The monoisotopic (exact) mass is 97.1 g/mol. The Morgan fingerprint density at radius 1 is 1.57 bits per heavy atom. The SMILES string of the molecule is CC1CCC1[C]=O. The van der Waals surface area contributed by atoms with E-state index in [0.717, 1.165) is 6.42 Å².